The van der Waals surface area contributed by atoms with Crippen molar-refractivity contribution in [2.45, 2.75) is 0 Å². The zero-order valence-corrected chi connectivity index (χ0v) is 36.4. The van der Waals surface area contributed by atoms with Gasteiger partial charge in [0.05, 0.1) is 22.7 Å². The van der Waals surface area contributed by atoms with Crippen molar-refractivity contribution < 1.29 is 8.83 Å². The van der Waals surface area contributed by atoms with Gasteiger partial charge in [-0.2, -0.15) is 0 Å². The van der Waals surface area contributed by atoms with E-state index in [4.69, 9.17) is 8.83 Å². The standard InChI is InChI=1S/C60H34B2N4O2/c1-4-16-35(17-5-1)63-46-26-14-24-42-58(46)66-59-43(25-15-27-47(59)63)62-45-31-41-39-23-11-13-29-53(39)68-55(41)34-49(45)65(37-20-8-3-9-21-37)51-32-50-56(60(66)57(51)62)61(42)44-30-40-38-22-10-12-28-52(38)67-54(40)33-48(44)64(50)36-18-6-2-7-19-36/h1-34H. The van der Waals surface area contributed by atoms with E-state index in [1.807, 2.05) is 0 Å². The molecular formula is C60H34B2N4O2. The molecule has 0 saturated carbocycles. The molecule has 0 aliphatic carbocycles. The van der Waals surface area contributed by atoms with E-state index in [1.54, 1.807) is 0 Å². The third-order valence-corrected chi connectivity index (χ3v) is 15.5. The van der Waals surface area contributed by atoms with Gasteiger partial charge in [0.25, 0.3) is 13.4 Å². The zero-order valence-electron chi connectivity index (χ0n) is 36.4. The van der Waals surface area contributed by atoms with Gasteiger partial charge in [-0.3, -0.25) is 0 Å². The molecule has 2 aromatic heterocycles. The number of hydrogen-bond donors (Lipinski definition) is 0. The summed E-state index contributed by atoms with van der Waals surface area (Å²) >= 11 is 0. The summed E-state index contributed by atoms with van der Waals surface area (Å²) in [6, 6.07) is 75.7. The Morgan fingerprint density at radius 1 is 0.265 bits per heavy atom. The fraction of sp³-hybridized carbons (Fsp3) is 0. The Morgan fingerprint density at radius 3 is 1.13 bits per heavy atom. The lowest BCUT2D eigenvalue weighted by atomic mass is 9.28. The predicted octanol–water partition coefficient (Wildman–Crippen LogP) is 12.0. The summed E-state index contributed by atoms with van der Waals surface area (Å²) in [5, 5.41) is 4.52. The molecule has 5 aliphatic heterocycles. The summed E-state index contributed by atoms with van der Waals surface area (Å²) in [6.07, 6.45) is 0. The normalized spacial score (nSPS) is 14.3. The SMILES string of the molecule is c1ccc(N2c3cc4oc5ccccc5c4cc3B3c4cccc5c4N4c6c(cccc6N5c5ccccc5)B5c6cc7c(cc6N(c6ccccc6)c6cc2c3c4c65)oc2ccccc27)cc1. The number of rotatable bonds is 3. The lowest BCUT2D eigenvalue weighted by Gasteiger charge is -2.54. The minimum absolute atomic E-state index is 0.0959. The molecule has 0 saturated heterocycles. The Balaban J connectivity index is 1.08. The number of para-hydroxylation sites is 7. The molecule has 0 fully saturated rings. The average molecular weight is 865 g/mol. The van der Waals surface area contributed by atoms with Crippen LogP contribution < -0.4 is 52.4 Å². The first-order valence-electron chi connectivity index (χ1n) is 23.5. The first-order chi connectivity index (χ1) is 33.8. The highest BCUT2D eigenvalue weighted by Gasteiger charge is 2.54. The van der Waals surface area contributed by atoms with Crippen molar-refractivity contribution in [1.29, 1.82) is 0 Å². The average Bonchev–Trinajstić information content (AvgIpc) is 3.95. The second kappa shape index (κ2) is 12.5. The molecular weight excluding hydrogens is 830 g/mol. The minimum Gasteiger partial charge on any atom is -0.456 e. The van der Waals surface area contributed by atoms with E-state index in [1.165, 1.54) is 61.2 Å². The summed E-state index contributed by atoms with van der Waals surface area (Å²) in [6.45, 7) is -0.192. The molecule has 68 heavy (non-hydrogen) atoms. The lowest BCUT2D eigenvalue weighted by molar-refractivity contribution is 0.668. The highest BCUT2D eigenvalue weighted by molar-refractivity contribution is 7.05. The summed E-state index contributed by atoms with van der Waals surface area (Å²) in [5.74, 6) is 0. The van der Waals surface area contributed by atoms with E-state index in [2.05, 4.69) is 226 Å². The number of benzene rings is 10. The zero-order chi connectivity index (χ0) is 43.9. The van der Waals surface area contributed by atoms with E-state index in [0.29, 0.717) is 0 Å². The first-order valence-corrected chi connectivity index (χ1v) is 23.5. The molecule has 12 aromatic rings. The van der Waals surface area contributed by atoms with Gasteiger partial charge in [0.2, 0.25) is 0 Å². The quantitative estimate of drug-likeness (QED) is 0.165. The van der Waals surface area contributed by atoms with Gasteiger partial charge in [0.15, 0.2) is 0 Å². The van der Waals surface area contributed by atoms with Crippen LogP contribution in [0.2, 0.25) is 0 Å². The number of anilines is 12. The van der Waals surface area contributed by atoms with Crippen LogP contribution in [0.25, 0.3) is 43.9 Å². The Hall–Kier alpha value is -8.87. The van der Waals surface area contributed by atoms with E-state index in [-0.39, 0.29) is 13.4 Å². The number of nitrogens with zero attached hydrogens (tertiary/aromatic N) is 4. The summed E-state index contributed by atoms with van der Waals surface area (Å²) in [4.78, 5) is 10.2. The second-order valence-corrected chi connectivity index (χ2v) is 18.7. The van der Waals surface area contributed by atoms with Crippen molar-refractivity contribution >= 4 is 158 Å². The van der Waals surface area contributed by atoms with Crippen LogP contribution in [0.4, 0.5) is 68.2 Å². The van der Waals surface area contributed by atoms with Gasteiger partial charge in [-0.25, -0.2) is 0 Å². The summed E-state index contributed by atoms with van der Waals surface area (Å²) in [7, 11) is 0. The number of fused-ring (bicyclic) bond motifs is 12. The van der Waals surface area contributed by atoms with Gasteiger partial charge in [0, 0.05) is 79.2 Å². The molecule has 0 spiro atoms. The summed E-state index contributed by atoms with van der Waals surface area (Å²) < 4.78 is 13.5. The van der Waals surface area contributed by atoms with Crippen molar-refractivity contribution in [2.75, 3.05) is 19.6 Å². The van der Waals surface area contributed by atoms with Crippen LogP contribution >= 0.6 is 0 Å². The Bertz CT molecular complexity index is 3960. The molecule has 0 amide bonds. The summed E-state index contributed by atoms with van der Waals surface area (Å²) in [5.41, 5.74) is 25.3. The van der Waals surface area contributed by atoms with Gasteiger partial charge >= 0.3 is 0 Å². The highest BCUT2D eigenvalue weighted by Crippen LogP contribution is 2.58. The van der Waals surface area contributed by atoms with E-state index in [9.17, 15) is 0 Å². The molecule has 0 bridgehead atoms. The lowest BCUT2D eigenvalue weighted by Crippen LogP contribution is -2.69. The Kier molecular flexibility index (Phi) is 6.51. The molecule has 0 N–H and O–H groups in total. The maximum atomic E-state index is 6.74. The predicted molar refractivity (Wildman–Crippen MR) is 283 cm³/mol. The van der Waals surface area contributed by atoms with Gasteiger partial charge < -0.3 is 28.4 Å². The van der Waals surface area contributed by atoms with Crippen LogP contribution in [0.3, 0.4) is 0 Å². The Labute approximate surface area is 391 Å². The molecule has 7 heterocycles. The van der Waals surface area contributed by atoms with Crippen LogP contribution in [-0.2, 0) is 0 Å². The van der Waals surface area contributed by atoms with E-state index >= 15 is 0 Å². The van der Waals surface area contributed by atoms with E-state index < -0.39 is 0 Å². The van der Waals surface area contributed by atoms with Crippen LogP contribution in [-0.4, -0.2) is 13.4 Å². The molecule has 6 nitrogen and oxygen atoms in total. The van der Waals surface area contributed by atoms with Crippen molar-refractivity contribution in [2.24, 2.45) is 0 Å². The maximum absolute atomic E-state index is 6.74. The Morgan fingerprint density at radius 2 is 0.676 bits per heavy atom. The molecule has 5 aliphatic rings. The van der Waals surface area contributed by atoms with Crippen molar-refractivity contribution in [1.82, 2.24) is 0 Å². The topological polar surface area (TPSA) is 39.2 Å². The van der Waals surface area contributed by atoms with Gasteiger partial charge in [-0.05, 0) is 99.5 Å². The minimum atomic E-state index is -0.0959. The fourth-order valence-electron chi connectivity index (χ4n) is 12.9. The molecule has 10 aromatic carbocycles. The van der Waals surface area contributed by atoms with Crippen molar-refractivity contribution in [3.63, 3.8) is 0 Å². The molecule has 0 radical (unpaired) electrons. The largest absolute Gasteiger partial charge is 0.456 e. The second-order valence-electron chi connectivity index (χ2n) is 18.7. The van der Waals surface area contributed by atoms with Crippen LogP contribution in [0.15, 0.2) is 215 Å². The fourth-order valence-corrected chi connectivity index (χ4v) is 12.9. The molecule has 17 rings (SSSR count). The molecule has 0 unspecified atom stereocenters. The van der Waals surface area contributed by atoms with Crippen LogP contribution in [0.5, 0.6) is 0 Å². The van der Waals surface area contributed by atoms with Gasteiger partial charge in [0.1, 0.15) is 22.3 Å². The third-order valence-electron chi connectivity index (χ3n) is 15.5. The molecule has 312 valence electrons. The van der Waals surface area contributed by atoms with Crippen LogP contribution in [0.1, 0.15) is 0 Å². The van der Waals surface area contributed by atoms with Gasteiger partial charge in [-0.1, -0.05) is 127 Å². The number of hydrogen-bond acceptors (Lipinski definition) is 6. The maximum Gasteiger partial charge on any atom is 0.252 e. The highest BCUT2D eigenvalue weighted by atomic mass is 16.3. The van der Waals surface area contributed by atoms with E-state index in [0.717, 1.165) is 83.7 Å². The monoisotopic (exact) mass is 864 g/mol. The smallest absolute Gasteiger partial charge is 0.252 e. The van der Waals surface area contributed by atoms with Crippen molar-refractivity contribution in [3.05, 3.63) is 206 Å². The van der Waals surface area contributed by atoms with Crippen molar-refractivity contribution in [3.8, 4) is 0 Å². The number of furan rings is 2. The first kappa shape index (κ1) is 35.4. The third kappa shape index (κ3) is 4.28. The molecule has 0 atom stereocenters. The van der Waals surface area contributed by atoms with Gasteiger partial charge in [-0.15, -0.1) is 0 Å². The molecule has 8 heteroatoms. The van der Waals surface area contributed by atoms with Crippen LogP contribution in [0, 0.1) is 0 Å².